The largest absolute Gasteiger partial charge is 0.497 e. The van der Waals surface area contributed by atoms with Crippen LogP contribution in [0.3, 0.4) is 0 Å². The minimum Gasteiger partial charge on any atom is -0.497 e. The lowest BCUT2D eigenvalue weighted by Crippen LogP contribution is -2.23. The molecule has 0 heterocycles. The monoisotopic (exact) mass is 389 g/mol. The smallest absolute Gasteiger partial charge is 0.188 e. The molecule has 0 aliphatic rings. The maximum atomic E-state index is 5.91. The van der Waals surface area contributed by atoms with E-state index in [1.54, 1.807) is 14.2 Å². The standard InChI is InChI=1S/C22H32NO3P/c1-6-13-22(2,27-21-10-8-7-9-17(21)15-23-3)19-14-18(25-5)11-12-20(19)26-16-24-4/h7-12,14,23,27H,6,13,15-16H2,1-5H3. The summed E-state index contributed by atoms with van der Waals surface area (Å²) in [5, 5.41) is 4.63. The maximum Gasteiger partial charge on any atom is 0.188 e. The molecule has 0 aliphatic heterocycles. The third-order valence-electron chi connectivity index (χ3n) is 4.66. The Balaban J connectivity index is 2.48. The molecule has 0 radical (unpaired) electrons. The summed E-state index contributed by atoms with van der Waals surface area (Å²) >= 11 is 0. The molecule has 2 unspecified atom stereocenters. The van der Waals surface area contributed by atoms with Crippen molar-refractivity contribution in [1.82, 2.24) is 5.32 Å². The summed E-state index contributed by atoms with van der Waals surface area (Å²) in [6.45, 7) is 5.68. The van der Waals surface area contributed by atoms with Gasteiger partial charge in [0.25, 0.3) is 0 Å². The first-order chi connectivity index (χ1) is 13.1. The third-order valence-corrected chi connectivity index (χ3v) is 6.49. The molecule has 1 N–H and O–H groups in total. The van der Waals surface area contributed by atoms with E-state index in [9.17, 15) is 0 Å². The van der Waals surface area contributed by atoms with Gasteiger partial charge in [0.05, 0.1) is 7.11 Å². The predicted octanol–water partition coefficient (Wildman–Crippen LogP) is 4.42. The van der Waals surface area contributed by atoms with E-state index >= 15 is 0 Å². The quantitative estimate of drug-likeness (QED) is 0.456. The van der Waals surface area contributed by atoms with Gasteiger partial charge in [-0.3, -0.25) is 0 Å². The zero-order valence-corrected chi connectivity index (χ0v) is 18.1. The molecular formula is C22H32NO3P. The highest BCUT2D eigenvalue weighted by Crippen LogP contribution is 2.49. The number of rotatable bonds is 11. The minimum absolute atomic E-state index is 0.0454. The van der Waals surface area contributed by atoms with Crippen LogP contribution in [-0.4, -0.2) is 28.1 Å². The van der Waals surface area contributed by atoms with Gasteiger partial charge in [-0.25, -0.2) is 0 Å². The van der Waals surface area contributed by atoms with E-state index in [2.05, 4.69) is 49.5 Å². The van der Waals surface area contributed by atoms with Gasteiger partial charge in [0.1, 0.15) is 11.5 Å². The highest BCUT2D eigenvalue weighted by atomic mass is 31.1. The van der Waals surface area contributed by atoms with Crippen molar-refractivity contribution in [3.8, 4) is 11.5 Å². The summed E-state index contributed by atoms with van der Waals surface area (Å²) < 4.78 is 16.6. The molecule has 2 aromatic carbocycles. The fourth-order valence-electron chi connectivity index (χ4n) is 3.36. The molecule has 0 fully saturated rings. The summed E-state index contributed by atoms with van der Waals surface area (Å²) in [5.74, 6) is 1.72. The molecule has 148 valence electrons. The number of ether oxygens (including phenoxy) is 3. The second-order valence-corrected chi connectivity index (χ2v) is 8.70. The molecule has 2 atom stereocenters. The molecule has 27 heavy (non-hydrogen) atoms. The molecule has 5 heteroatoms. The Bertz CT molecular complexity index is 722. The van der Waals surface area contributed by atoms with Crippen LogP contribution in [-0.2, 0) is 16.4 Å². The van der Waals surface area contributed by atoms with Crippen LogP contribution in [0.5, 0.6) is 11.5 Å². The Morgan fingerprint density at radius 2 is 1.89 bits per heavy atom. The van der Waals surface area contributed by atoms with Gasteiger partial charge in [-0.05, 0) is 42.5 Å². The first-order valence-corrected chi connectivity index (χ1v) is 10.4. The van der Waals surface area contributed by atoms with Crippen molar-refractivity contribution in [2.75, 3.05) is 28.1 Å². The molecular weight excluding hydrogens is 357 g/mol. The van der Waals surface area contributed by atoms with Crippen LogP contribution < -0.4 is 20.1 Å². The Morgan fingerprint density at radius 1 is 1.11 bits per heavy atom. The normalized spacial score (nSPS) is 13.7. The van der Waals surface area contributed by atoms with Gasteiger partial charge in [0.15, 0.2) is 6.79 Å². The average molecular weight is 389 g/mol. The van der Waals surface area contributed by atoms with Crippen molar-refractivity contribution in [2.45, 2.75) is 38.4 Å². The minimum atomic E-state index is -0.0454. The van der Waals surface area contributed by atoms with Crippen LogP contribution in [0.15, 0.2) is 42.5 Å². The SMILES string of the molecule is CCCC(C)(Pc1ccccc1CNC)c1cc(OC)ccc1OCOC. The summed E-state index contributed by atoms with van der Waals surface area (Å²) in [7, 11) is 5.96. The topological polar surface area (TPSA) is 39.7 Å². The van der Waals surface area contributed by atoms with E-state index in [0.717, 1.165) is 30.9 Å². The molecule has 0 aliphatic carbocycles. The van der Waals surface area contributed by atoms with Crippen LogP contribution in [0.4, 0.5) is 0 Å². The number of nitrogens with one attached hydrogen (secondary N) is 1. The Hall–Kier alpha value is -1.61. The van der Waals surface area contributed by atoms with Crippen LogP contribution in [0.1, 0.15) is 37.8 Å². The van der Waals surface area contributed by atoms with Crippen molar-refractivity contribution >= 4 is 13.9 Å². The third kappa shape index (κ3) is 5.68. The van der Waals surface area contributed by atoms with Crippen LogP contribution >= 0.6 is 8.58 Å². The molecule has 2 aromatic rings. The van der Waals surface area contributed by atoms with Gasteiger partial charge < -0.3 is 19.5 Å². The zero-order valence-electron chi connectivity index (χ0n) is 17.1. The van der Waals surface area contributed by atoms with Crippen molar-refractivity contribution in [3.05, 3.63) is 53.6 Å². The van der Waals surface area contributed by atoms with Crippen molar-refractivity contribution in [2.24, 2.45) is 0 Å². The summed E-state index contributed by atoms with van der Waals surface area (Å²) in [6.07, 6.45) is 2.16. The number of methoxy groups -OCH3 is 2. The van der Waals surface area contributed by atoms with Gasteiger partial charge in [-0.2, -0.15) is 0 Å². The van der Waals surface area contributed by atoms with E-state index < -0.39 is 0 Å². The Morgan fingerprint density at radius 3 is 2.56 bits per heavy atom. The molecule has 0 aromatic heterocycles. The Labute approximate surface area is 165 Å². The molecule has 0 amide bonds. The lowest BCUT2D eigenvalue weighted by Gasteiger charge is -2.33. The van der Waals surface area contributed by atoms with Gasteiger partial charge in [0, 0.05) is 24.4 Å². The second kappa shape index (κ2) is 10.7. The number of benzene rings is 2. The highest BCUT2D eigenvalue weighted by molar-refractivity contribution is 7.48. The van der Waals surface area contributed by atoms with Crippen LogP contribution in [0.25, 0.3) is 0 Å². The highest BCUT2D eigenvalue weighted by Gasteiger charge is 2.31. The molecule has 2 rings (SSSR count). The summed E-state index contributed by atoms with van der Waals surface area (Å²) in [5.41, 5.74) is 2.53. The number of hydrogen-bond donors (Lipinski definition) is 1. The fourth-order valence-corrected chi connectivity index (χ4v) is 5.18. The van der Waals surface area contributed by atoms with Crippen molar-refractivity contribution in [3.63, 3.8) is 0 Å². The van der Waals surface area contributed by atoms with E-state index in [0.29, 0.717) is 8.58 Å². The van der Waals surface area contributed by atoms with Crippen LogP contribution in [0.2, 0.25) is 0 Å². The summed E-state index contributed by atoms with van der Waals surface area (Å²) in [6, 6.07) is 14.7. The van der Waals surface area contributed by atoms with Crippen molar-refractivity contribution in [1.29, 1.82) is 0 Å². The van der Waals surface area contributed by atoms with Gasteiger partial charge in [0.2, 0.25) is 0 Å². The fraction of sp³-hybridized carbons (Fsp3) is 0.455. The van der Waals surface area contributed by atoms with Crippen LogP contribution in [0, 0.1) is 0 Å². The molecule has 0 spiro atoms. The first-order valence-electron chi connectivity index (χ1n) is 9.39. The lowest BCUT2D eigenvalue weighted by atomic mass is 9.94. The second-order valence-electron chi connectivity index (χ2n) is 6.81. The lowest BCUT2D eigenvalue weighted by molar-refractivity contribution is 0.0500. The zero-order chi connectivity index (χ0) is 19.7. The van der Waals surface area contributed by atoms with Crippen molar-refractivity contribution < 1.29 is 14.2 Å². The van der Waals surface area contributed by atoms with Gasteiger partial charge in [-0.1, -0.05) is 53.1 Å². The summed E-state index contributed by atoms with van der Waals surface area (Å²) in [4.78, 5) is 0. The molecule has 0 saturated heterocycles. The first kappa shape index (κ1) is 21.7. The van der Waals surface area contributed by atoms with E-state index in [-0.39, 0.29) is 11.9 Å². The van der Waals surface area contributed by atoms with Gasteiger partial charge >= 0.3 is 0 Å². The molecule has 0 bridgehead atoms. The van der Waals surface area contributed by atoms with E-state index in [4.69, 9.17) is 14.2 Å². The predicted molar refractivity (Wildman–Crippen MR) is 115 cm³/mol. The molecule has 4 nitrogen and oxygen atoms in total. The van der Waals surface area contributed by atoms with E-state index in [1.807, 2.05) is 19.2 Å². The van der Waals surface area contributed by atoms with E-state index in [1.165, 1.54) is 16.4 Å². The molecule has 0 saturated carbocycles. The average Bonchev–Trinajstić information content (AvgIpc) is 2.68. The number of hydrogen-bond acceptors (Lipinski definition) is 4. The maximum absolute atomic E-state index is 5.91. The van der Waals surface area contributed by atoms with Gasteiger partial charge in [-0.15, -0.1) is 0 Å². The Kier molecular flexibility index (Phi) is 8.56.